The maximum absolute atomic E-state index is 12.5. The van der Waals surface area contributed by atoms with Gasteiger partial charge in [0.2, 0.25) is 11.4 Å². The van der Waals surface area contributed by atoms with E-state index < -0.39 is 6.61 Å². The quantitative estimate of drug-likeness (QED) is 0.646. The fourth-order valence-corrected chi connectivity index (χ4v) is 3.96. The molecule has 0 saturated heterocycles. The number of halogens is 2. The molecule has 0 bridgehead atoms. The fourth-order valence-electron chi connectivity index (χ4n) is 2.93. The Morgan fingerprint density at radius 2 is 1.93 bits per heavy atom. The largest absolute Gasteiger partial charge is 0.480 e. The van der Waals surface area contributed by atoms with Gasteiger partial charge in [0, 0.05) is 30.1 Å². The first-order chi connectivity index (χ1) is 14.6. The van der Waals surface area contributed by atoms with Crippen LogP contribution in [0.15, 0.2) is 58.6 Å². The van der Waals surface area contributed by atoms with E-state index in [2.05, 4.69) is 19.9 Å². The third kappa shape index (κ3) is 4.29. The Kier molecular flexibility index (Phi) is 5.96. The summed E-state index contributed by atoms with van der Waals surface area (Å²) in [4.78, 5) is 7.43. The van der Waals surface area contributed by atoms with Crippen LogP contribution >= 0.6 is 11.8 Å². The van der Waals surface area contributed by atoms with Crippen molar-refractivity contribution < 1.29 is 23.0 Å². The van der Waals surface area contributed by atoms with Crippen molar-refractivity contribution in [3.63, 3.8) is 0 Å². The first-order valence-corrected chi connectivity index (χ1v) is 9.97. The van der Waals surface area contributed by atoms with Crippen LogP contribution in [0.5, 0.6) is 11.6 Å². The number of aliphatic imine (C=N–C) groups is 1. The van der Waals surface area contributed by atoms with Crippen LogP contribution in [0.1, 0.15) is 12.6 Å². The van der Waals surface area contributed by atoms with Crippen molar-refractivity contribution in [3.05, 3.63) is 59.3 Å². The van der Waals surface area contributed by atoms with Crippen LogP contribution < -0.4 is 14.4 Å². The van der Waals surface area contributed by atoms with E-state index >= 15 is 0 Å². The van der Waals surface area contributed by atoms with Gasteiger partial charge in [-0.1, -0.05) is 11.8 Å². The van der Waals surface area contributed by atoms with E-state index in [9.17, 15) is 8.78 Å². The minimum absolute atomic E-state index is 0.0849. The minimum atomic E-state index is -2.87. The molecular formula is C20H18F2N4O3S. The molecule has 0 spiro atoms. The molecule has 0 N–H and O–H groups in total. The van der Waals surface area contributed by atoms with Crippen LogP contribution in [-0.2, 0) is 4.74 Å². The minimum Gasteiger partial charge on any atom is -0.480 e. The Bertz CT molecular complexity index is 994. The summed E-state index contributed by atoms with van der Waals surface area (Å²) in [6.45, 7) is -0.429. The Hall–Kier alpha value is -2.98. The number of allylic oxidation sites excluding steroid dienone is 2. The molecule has 156 valence electrons. The van der Waals surface area contributed by atoms with Crippen molar-refractivity contribution >= 4 is 28.9 Å². The summed E-state index contributed by atoms with van der Waals surface area (Å²) in [5.74, 6) is 1.22. The lowest BCUT2D eigenvalue weighted by molar-refractivity contribution is -0.0498. The summed E-state index contributed by atoms with van der Waals surface area (Å²) in [5, 5.41) is 8.25. The number of hydrogen-bond donors (Lipinski definition) is 0. The number of hydrogen-bond acceptors (Lipinski definition) is 8. The normalized spacial score (nSPS) is 18.0. The van der Waals surface area contributed by atoms with E-state index in [4.69, 9.17) is 9.47 Å². The van der Waals surface area contributed by atoms with E-state index in [1.807, 2.05) is 30.2 Å². The summed E-state index contributed by atoms with van der Waals surface area (Å²) in [6, 6.07) is 9.90. The first kappa shape index (κ1) is 20.3. The zero-order valence-corrected chi connectivity index (χ0v) is 17.0. The molecule has 0 amide bonds. The van der Waals surface area contributed by atoms with Crippen LogP contribution in [0.25, 0.3) is 5.57 Å². The number of thioether (sulfide) groups is 1. The second kappa shape index (κ2) is 8.80. The molecule has 0 radical (unpaired) electrons. The molecule has 0 aliphatic carbocycles. The van der Waals surface area contributed by atoms with Crippen molar-refractivity contribution in [1.82, 2.24) is 10.2 Å². The number of rotatable bonds is 7. The number of aromatic nitrogens is 2. The van der Waals surface area contributed by atoms with Gasteiger partial charge in [-0.15, -0.1) is 10.2 Å². The van der Waals surface area contributed by atoms with Gasteiger partial charge in [0.15, 0.2) is 0 Å². The number of ether oxygens (including phenoxy) is 3. The van der Waals surface area contributed by atoms with Crippen LogP contribution in [-0.4, -0.2) is 41.9 Å². The van der Waals surface area contributed by atoms with Gasteiger partial charge in [-0.3, -0.25) is 0 Å². The number of methoxy groups -OCH3 is 1. The standard InChI is InChI=1S/C20H18F2N4O3S/c1-3-28-20-23-18-16(30-20)10-12(15-8-9-17(27-2)25-24-15)11-26(18)13-4-6-14(7-5-13)29-19(21)22/h4-11,19-20H,3H2,1-2H3. The van der Waals surface area contributed by atoms with Gasteiger partial charge in [0.25, 0.3) is 0 Å². The molecule has 1 aromatic carbocycles. The third-order valence-corrected chi connectivity index (χ3v) is 5.25. The summed E-state index contributed by atoms with van der Waals surface area (Å²) in [6.07, 6.45) is 3.85. The zero-order valence-electron chi connectivity index (χ0n) is 16.2. The summed E-state index contributed by atoms with van der Waals surface area (Å²) < 4.78 is 40.1. The van der Waals surface area contributed by atoms with Crippen molar-refractivity contribution in [2.45, 2.75) is 19.1 Å². The van der Waals surface area contributed by atoms with Gasteiger partial charge in [-0.2, -0.15) is 8.78 Å². The maximum atomic E-state index is 12.5. The Balaban J connectivity index is 1.70. The molecule has 10 heteroatoms. The van der Waals surface area contributed by atoms with Crippen LogP contribution in [0.3, 0.4) is 0 Å². The highest BCUT2D eigenvalue weighted by molar-refractivity contribution is 8.04. The van der Waals surface area contributed by atoms with E-state index in [-0.39, 0.29) is 11.3 Å². The lowest BCUT2D eigenvalue weighted by Gasteiger charge is -2.25. The van der Waals surface area contributed by atoms with Gasteiger partial charge in [0.05, 0.1) is 17.7 Å². The third-order valence-electron chi connectivity index (χ3n) is 4.25. The van der Waals surface area contributed by atoms with Crippen LogP contribution in [0.4, 0.5) is 14.5 Å². The second-order valence-corrected chi connectivity index (χ2v) is 7.21. The van der Waals surface area contributed by atoms with E-state index in [1.165, 1.54) is 31.0 Å². The SMILES string of the molecule is CCOC1N=C2C(=CC(c3ccc(OC)nn3)=CN2c2ccc(OC(F)F)cc2)S1. The van der Waals surface area contributed by atoms with E-state index in [1.54, 1.807) is 18.2 Å². The lowest BCUT2D eigenvalue weighted by atomic mass is 10.1. The average molecular weight is 432 g/mol. The number of nitrogens with zero attached hydrogens (tertiary/aromatic N) is 4. The molecule has 2 aromatic rings. The summed E-state index contributed by atoms with van der Waals surface area (Å²) in [5.41, 5.74) is 1.86. The molecule has 2 aliphatic rings. The molecule has 4 rings (SSSR count). The number of amidine groups is 1. The zero-order chi connectivity index (χ0) is 21.1. The Morgan fingerprint density at radius 1 is 1.13 bits per heavy atom. The molecule has 0 fully saturated rings. The van der Waals surface area contributed by atoms with E-state index in [0.717, 1.165) is 16.2 Å². The fraction of sp³-hybridized carbons (Fsp3) is 0.250. The maximum Gasteiger partial charge on any atom is 0.387 e. The predicted molar refractivity (Wildman–Crippen MR) is 111 cm³/mol. The number of alkyl halides is 2. The highest BCUT2D eigenvalue weighted by Crippen LogP contribution is 2.40. The first-order valence-electron chi connectivity index (χ1n) is 9.09. The number of fused-ring (bicyclic) bond motifs is 1. The predicted octanol–water partition coefficient (Wildman–Crippen LogP) is 4.30. The van der Waals surface area contributed by atoms with E-state index in [0.29, 0.717) is 24.0 Å². The highest BCUT2D eigenvalue weighted by atomic mass is 32.2. The molecule has 2 aliphatic heterocycles. The summed E-state index contributed by atoms with van der Waals surface area (Å²) >= 11 is 1.49. The number of benzene rings is 1. The Morgan fingerprint density at radius 3 is 2.57 bits per heavy atom. The van der Waals surface area contributed by atoms with Crippen molar-refractivity contribution in [3.8, 4) is 11.6 Å². The highest BCUT2D eigenvalue weighted by Gasteiger charge is 2.31. The Labute approximate surface area is 176 Å². The molecule has 7 nitrogen and oxygen atoms in total. The molecule has 1 unspecified atom stereocenters. The number of anilines is 1. The molecular weight excluding hydrogens is 414 g/mol. The summed E-state index contributed by atoms with van der Waals surface area (Å²) in [7, 11) is 1.53. The molecule has 1 aromatic heterocycles. The average Bonchev–Trinajstić information content (AvgIpc) is 3.16. The monoisotopic (exact) mass is 432 g/mol. The molecule has 0 saturated carbocycles. The van der Waals surface area contributed by atoms with Gasteiger partial charge in [-0.05, 0) is 43.3 Å². The molecule has 3 heterocycles. The van der Waals surface area contributed by atoms with Crippen molar-refractivity contribution in [2.75, 3.05) is 18.6 Å². The van der Waals surface area contributed by atoms with Gasteiger partial charge >= 0.3 is 6.61 Å². The second-order valence-electron chi connectivity index (χ2n) is 6.13. The van der Waals surface area contributed by atoms with Crippen LogP contribution in [0.2, 0.25) is 0 Å². The van der Waals surface area contributed by atoms with Crippen LogP contribution in [0, 0.1) is 0 Å². The van der Waals surface area contributed by atoms with Gasteiger partial charge in [-0.25, -0.2) is 4.99 Å². The van der Waals surface area contributed by atoms with Crippen molar-refractivity contribution in [1.29, 1.82) is 0 Å². The lowest BCUT2D eigenvalue weighted by Crippen LogP contribution is -2.27. The topological polar surface area (TPSA) is 69.1 Å². The molecule has 30 heavy (non-hydrogen) atoms. The van der Waals surface area contributed by atoms with Gasteiger partial charge < -0.3 is 19.1 Å². The smallest absolute Gasteiger partial charge is 0.387 e. The van der Waals surface area contributed by atoms with Gasteiger partial charge in [0.1, 0.15) is 11.6 Å². The molecule has 1 atom stereocenters. The van der Waals surface area contributed by atoms with Crippen molar-refractivity contribution in [2.24, 2.45) is 4.99 Å².